The van der Waals surface area contributed by atoms with Crippen molar-refractivity contribution in [1.82, 2.24) is 9.80 Å². The molecule has 0 aromatic carbocycles. The van der Waals surface area contributed by atoms with E-state index in [2.05, 4.69) is 0 Å². The van der Waals surface area contributed by atoms with Crippen molar-refractivity contribution >= 4 is 27.6 Å². The van der Waals surface area contributed by atoms with E-state index in [1.807, 2.05) is 6.92 Å². The number of amides is 3. The molecule has 0 spiro atoms. The van der Waals surface area contributed by atoms with Crippen LogP contribution in [-0.4, -0.2) is 66.6 Å². The predicted molar refractivity (Wildman–Crippen MR) is 95.8 cm³/mol. The minimum absolute atomic E-state index is 0.0183. The Morgan fingerprint density at radius 2 is 1.73 bits per heavy atom. The van der Waals surface area contributed by atoms with Crippen LogP contribution < -0.4 is 0 Å². The van der Waals surface area contributed by atoms with Gasteiger partial charge in [0.15, 0.2) is 9.84 Å². The molecule has 2 aliphatic heterocycles. The lowest BCUT2D eigenvalue weighted by atomic mass is 9.81. The first-order valence-electron chi connectivity index (χ1n) is 9.69. The van der Waals surface area contributed by atoms with Crippen LogP contribution in [0.4, 0.5) is 0 Å². The second-order valence-corrected chi connectivity index (χ2v) is 9.95. The van der Waals surface area contributed by atoms with Crippen LogP contribution in [0.5, 0.6) is 0 Å². The summed E-state index contributed by atoms with van der Waals surface area (Å²) in [5.41, 5.74) is 0. The SMILES string of the molecule is CCCN(C(=O)CCN1C(=O)C2CCCCC2C1=O)C1CCS(=O)(=O)C1. The number of hydrogen-bond acceptors (Lipinski definition) is 5. The Balaban J connectivity index is 1.61. The predicted octanol–water partition coefficient (Wildman–Crippen LogP) is 0.977. The third-order valence-corrected chi connectivity index (χ3v) is 7.67. The average molecular weight is 384 g/mol. The highest BCUT2D eigenvalue weighted by Gasteiger charge is 2.48. The lowest BCUT2D eigenvalue weighted by molar-refractivity contribution is -0.141. The topological polar surface area (TPSA) is 91.8 Å². The number of rotatable bonds is 6. The molecule has 0 N–H and O–H groups in total. The van der Waals surface area contributed by atoms with Crippen molar-refractivity contribution in [2.75, 3.05) is 24.6 Å². The lowest BCUT2D eigenvalue weighted by Gasteiger charge is -2.28. The van der Waals surface area contributed by atoms with Crippen molar-refractivity contribution in [1.29, 1.82) is 0 Å². The fourth-order valence-electron chi connectivity index (χ4n) is 4.58. The van der Waals surface area contributed by atoms with Gasteiger partial charge in [0.05, 0.1) is 23.3 Å². The van der Waals surface area contributed by atoms with Crippen molar-refractivity contribution in [2.45, 2.75) is 57.9 Å². The molecule has 2 heterocycles. The van der Waals surface area contributed by atoms with Gasteiger partial charge in [0.2, 0.25) is 17.7 Å². The van der Waals surface area contributed by atoms with Crippen LogP contribution in [0.1, 0.15) is 51.9 Å². The molecule has 2 saturated heterocycles. The van der Waals surface area contributed by atoms with Gasteiger partial charge in [-0.25, -0.2) is 8.42 Å². The van der Waals surface area contributed by atoms with E-state index in [1.165, 1.54) is 4.90 Å². The standard InChI is InChI=1S/C18H28N2O5S/c1-2-9-19(13-8-11-26(24,25)12-13)16(21)7-10-20-17(22)14-5-3-4-6-15(14)18(20)23/h13-15H,2-12H2,1H3. The quantitative estimate of drug-likeness (QED) is 0.637. The third-order valence-electron chi connectivity index (χ3n) is 5.92. The van der Waals surface area contributed by atoms with Gasteiger partial charge in [0.1, 0.15) is 0 Å². The number of fused-ring (bicyclic) bond motifs is 1. The molecular formula is C18H28N2O5S. The zero-order chi connectivity index (χ0) is 18.9. The summed E-state index contributed by atoms with van der Waals surface area (Å²) >= 11 is 0. The number of sulfone groups is 1. The molecule has 1 aliphatic carbocycles. The summed E-state index contributed by atoms with van der Waals surface area (Å²) in [5, 5.41) is 0. The molecule has 3 amide bonds. The first-order valence-corrected chi connectivity index (χ1v) is 11.5. The zero-order valence-corrected chi connectivity index (χ0v) is 16.2. The minimum atomic E-state index is -3.07. The number of carbonyl (C=O) groups excluding carboxylic acids is 3. The number of carbonyl (C=O) groups is 3. The summed E-state index contributed by atoms with van der Waals surface area (Å²) < 4.78 is 23.5. The summed E-state index contributed by atoms with van der Waals surface area (Å²) in [6.45, 7) is 2.57. The Hall–Kier alpha value is -1.44. The molecule has 8 heteroatoms. The largest absolute Gasteiger partial charge is 0.339 e. The van der Waals surface area contributed by atoms with Gasteiger partial charge in [0.25, 0.3) is 0 Å². The molecule has 0 aromatic heterocycles. The van der Waals surface area contributed by atoms with E-state index in [0.717, 1.165) is 32.1 Å². The van der Waals surface area contributed by atoms with Crippen molar-refractivity contribution in [3.63, 3.8) is 0 Å². The summed E-state index contributed by atoms with van der Waals surface area (Å²) in [6, 6.07) is -0.278. The van der Waals surface area contributed by atoms with Gasteiger partial charge in [-0.15, -0.1) is 0 Å². The van der Waals surface area contributed by atoms with E-state index in [-0.39, 0.29) is 60.1 Å². The fourth-order valence-corrected chi connectivity index (χ4v) is 6.31. The molecule has 3 aliphatic rings. The molecule has 26 heavy (non-hydrogen) atoms. The second-order valence-electron chi connectivity index (χ2n) is 7.72. The van der Waals surface area contributed by atoms with Crippen LogP contribution >= 0.6 is 0 Å². The Kier molecular flexibility index (Phi) is 5.69. The molecule has 146 valence electrons. The molecule has 0 radical (unpaired) electrons. The molecular weight excluding hydrogens is 356 g/mol. The Morgan fingerprint density at radius 1 is 1.12 bits per heavy atom. The maximum atomic E-state index is 12.7. The van der Waals surface area contributed by atoms with Gasteiger partial charge in [0, 0.05) is 25.6 Å². The second kappa shape index (κ2) is 7.66. The van der Waals surface area contributed by atoms with E-state index in [4.69, 9.17) is 0 Å². The molecule has 1 saturated carbocycles. The van der Waals surface area contributed by atoms with E-state index in [1.54, 1.807) is 4.90 Å². The van der Waals surface area contributed by atoms with E-state index < -0.39 is 9.84 Å². The molecule has 3 atom stereocenters. The Morgan fingerprint density at radius 3 is 2.23 bits per heavy atom. The van der Waals surface area contributed by atoms with E-state index in [0.29, 0.717) is 13.0 Å². The highest BCUT2D eigenvalue weighted by molar-refractivity contribution is 7.91. The van der Waals surface area contributed by atoms with Crippen LogP contribution in [-0.2, 0) is 24.2 Å². The molecule has 3 unspecified atom stereocenters. The zero-order valence-electron chi connectivity index (χ0n) is 15.4. The van der Waals surface area contributed by atoms with Crippen LogP contribution in [0.15, 0.2) is 0 Å². The van der Waals surface area contributed by atoms with E-state index >= 15 is 0 Å². The monoisotopic (exact) mass is 384 g/mol. The third kappa shape index (κ3) is 3.80. The lowest BCUT2D eigenvalue weighted by Crippen LogP contribution is -2.43. The van der Waals surface area contributed by atoms with Crippen molar-refractivity contribution in [2.24, 2.45) is 11.8 Å². The summed E-state index contributed by atoms with van der Waals surface area (Å²) in [6.07, 6.45) is 4.78. The Labute approximate surface area is 155 Å². The normalized spacial score (nSPS) is 30.5. The summed E-state index contributed by atoms with van der Waals surface area (Å²) in [4.78, 5) is 40.6. The van der Waals surface area contributed by atoms with Crippen LogP contribution in [0.3, 0.4) is 0 Å². The van der Waals surface area contributed by atoms with Gasteiger partial charge in [-0.3, -0.25) is 19.3 Å². The molecule has 3 rings (SSSR count). The maximum absolute atomic E-state index is 12.7. The highest BCUT2D eigenvalue weighted by atomic mass is 32.2. The maximum Gasteiger partial charge on any atom is 0.233 e. The summed E-state index contributed by atoms with van der Waals surface area (Å²) in [7, 11) is -3.07. The smallest absolute Gasteiger partial charge is 0.233 e. The molecule has 3 fully saturated rings. The van der Waals surface area contributed by atoms with Crippen LogP contribution in [0, 0.1) is 11.8 Å². The molecule has 7 nitrogen and oxygen atoms in total. The molecule has 0 bridgehead atoms. The van der Waals surface area contributed by atoms with Crippen molar-refractivity contribution in [3.8, 4) is 0 Å². The minimum Gasteiger partial charge on any atom is -0.339 e. The highest BCUT2D eigenvalue weighted by Crippen LogP contribution is 2.38. The molecule has 0 aromatic rings. The van der Waals surface area contributed by atoms with Gasteiger partial charge >= 0.3 is 0 Å². The number of imide groups is 1. The fraction of sp³-hybridized carbons (Fsp3) is 0.833. The number of hydrogen-bond donors (Lipinski definition) is 0. The average Bonchev–Trinajstić information content (AvgIpc) is 3.09. The Bertz CT molecular complexity index is 666. The number of likely N-dealkylation sites (tertiary alicyclic amines) is 1. The van der Waals surface area contributed by atoms with Gasteiger partial charge in [-0.05, 0) is 25.7 Å². The van der Waals surface area contributed by atoms with Crippen LogP contribution in [0.2, 0.25) is 0 Å². The number of nitrogens with zero attached hydrogens (tertiary/aromatic N) is 2. The van der Waals surface area contributed by atoms with Crippen molar-refractivity contribution < 1.29 is 22.8 Å². The van der Waals surface area contributed by atoms with Crippen LogP contribution in [0.25, 0.3) is 0 Å². The van der Waals surface area contributed by atoms with Crippen molar-refractivity contribution in [3.05, 3.63) is 0 Å². The first kappa shape index (κ1) is 19.3. The van der Waals surface area contributed by atoms with Gasteiger partial charge in [-0.2, -0.15) is 0 Å². The van der Waals surface area contributed by atoms with Gasteiger partial charge < -0.3 is 4.90 Å². The van der Waals surface area contributed by atoms with E-state index in [9.17, 15) is 22.8 Å². The van der Waals surface area contributed by atoms with Gasteiger partial charge in [-0.1, -0.05) is 19.8 Å². The first-order chi connectivity index (χ1) is 12.3. The summed E-state index contributed by atoms with van der Waals surface area (Å²) in [5.74, 6) is -0.668.